The molecule has 1 saturated heterocycles. The lowest BCUT2D eigenvalue weighted by molar-refractivity contribution is -0.187. The zero-order chi connectivity index (χ0) is 19.1. The Kier molecular flexibility index (Phi) is 4.47. The van der Waals surface area contributed by atoms with Gasteiger partial charge in [0.2, 0.25) is 0 Å². The third-order valence-corrected chi connectivity index (χ3v) is 4.54. The molecule has 1 aliphatic rings. The monoisotopic (exact) mass is 367 g/mol. The van der Waals surface area contributed by atoms with E-state index in [9.17, 15) is 22.8 Å². The molecule has 1 aromatic heterocycles. The zero-order valence-electron chi connectivity index (χ0n) is 13.8. The Morgan fingerprint density at radius 1 is 1.27 bits per heavy atom. The maximum Gasteiger partial charge on any atom is 0.394 e. The zero-order valence-corrected chi connectivity index (χ0v) is 13.8. The van der Waals surface area contributed by atoms with Crippen molar-refractivity contribution in [2.75, 3.05) is 13.1 Å². The van der Waals surface area contributed by atoms with Crippen molar-refractivity contribution in [1.29, 1.82) is 0 Å². The fourth-order valence-corrected chi connectivity index (χ4v) is 3.19. The standard InChI is InChI=1S/C17H16F3N3O3/c1-10-7-11(3-4-14(10)23-6-2-5-21-23)15(24)22-8-12(16(25)26)13(9-22)17(18,19)20/h2-7,12-13H,8-9H2,1H3,(H,25,26)/t12-,13-/m1/s1. The summed E-state index contributed by atoms with van der Waals surface area (Å²) in [6.07, 6.45) is -1.33. The average molecular weight is 367 g/mol. The van der Waals surface area contributed by atoms with Crippen LogP contribution in [-0.2, 0) is 4.79 Å². The van der Waals surface area contributed by atoms with Gasteiger partial charge in [0.1, 0.15) is 0 Å². The number of alkyl halides is 3. The number of amides is 1. The number of likely N-dealkylation sites (tertiary alicyclic amines) is 1. The van der Waals surface area contributed by atoms with Crippen molar-refractivity contribution < 1.29 is 27.9 Å². The molecular formula is C17H16F3N3O3. The quantitative estimate of drug-likeness (QED) is 0.905. The number of aliphatic carboxylic acids is 1. The number of carboxylic acids is 1. The Balaban J connectivity index is 1.84. The molecule has 1 aliphatic heterocycles. The van der Waals surface area contributed by atoms with Gasteiger partial charge in [-0.2, -0.15) is 18.3 Å². The normalized spacial score (nSPS) is 20.4. The van der Waals surface area contributed by atoms with Gasteiger partial charge in [-0.3, -0.25) is 9.59 Å². The summed E-state index contributed by atoms with van der Waals surface area (Å²) < 4.78 is 40.8. The van der Waals surface area contributed by atoms with Gasteiger partial charge in [0.25, 0.3) is 5.91 Å². The maximum atomic E-state index is 13.1. The Morgan fingerprint density at radius 3 is 2.50 bits per heavy atom. The number of carbonyl (C=O) groups excluding carboxylic acids is 1. The van der Waals surface area contributed by atoms with E-state index in [1.807, 2.05) is 0 Å². The molecule has 2 atom stereocenters. The van der Waals surface area contributed by atoms with Crippen LogP contribution in [0.5, 0.6) is 0 Å². The van der Waals surface area contributed by atoms with Gasteiger partial charge in [-0.1, -0.05) is 0 Å². The van der Waals surface area contributed by atoms with Gasteiger partial charge in [-0.15, -0.1) is 0 Å². The van der Waals surface area contributed by atoms with E-state index in [-0.39, 0.29) is 5.56 Å². The molecule has 138 valence electrons. The molecule has 0 spiro atoms. The number of hydrogen-bond donors (Lipinski definition) is 1. The number of benzene rings is 1. The highest BCUT2D eigenvalue weighted by atomic mass is 19.4. The predicted octanol–water partition coefficient (Wildman–Crippen LogP) is 2.52. The Morgan fingerprint density at radius 2 is 2.00 bits per heavy atom. The molecule has 1 fully saturated rings. The summed E-state index contributed by atoms with van der Waals surface area (Å²) in [5, 5.41) is 13.2. The van der Waals surface area contributed by atoms with Crippen LogP contribution in [0.25, 0.3) is 5.69 Å². The molecular weight excluding hydrogens is 351 g/mol. The molecule has 0 bridgehead atoms. The summed E-state index contributed by atoms with van der Waals surface area (Å²) in [5.41, 5.74) is 1.68. The summed E-state index contributed by atoms with van der Waals surface area (Å²) in [4.78, 5) is 24.7. The fraction of sp³-hybridized carbons (Fsp3) is 0.353. The number of hydrogen-bond acceptors (Lipinski definition) is 3. The largest absolute Gasteiger partial charge is 0.481 e. The Hall–Kier alpha value is -2.84. The van der Waals surface area contributed by atoms with E-state index >= 15 is 0 Å². The minimum absolute atomic E-state index is 0.213. The van der Waals surface area contributed by atoms with Crippen LogP contribution in [0.2, 0.25) is 0 Å². The molecule has 1 aromatic carbocycles. The molecule has 3 rings (SSSR count). The average Bonchev–Trinajstić information content (AvgIpc) is 3.23. The van der Waals surface area contributed by atoms with E-state index in [2.05, 4.69) is 5.10 Å². The van der Waals surface area contributed by atoms with Crippen molar-refractivity contribution in [2.24, 2.45) is 11.8 Å². The lowest BCUT2D eigenvalue weighted by Crippen LogP contribution is -2.34. The van der Waals surface area contributed by atoms with Crippen molar-refractivity contribution in [1.82, 2.24) is 14.7 Å². The number of carbonyl (C=O) groups is 2. The number of rotatable bonds is 3. The SMILES string of the molecule is Cc1cc(C(=O)N2C[C@@H](C(F)(F)F)[C@H](C(=O)O)C2)ccc1-n1cccn1. The topological polar surface area (TPSA) is 75.4 Å². The molecule has 2 aromatic rings. The molecule has 0 radical (unpaired) electrons. The summed E-state index contributed by atoms with van der Waals surface area (Å²) in [7, 11) is 0. The molecule has 1 N–H and O–H groups in total. The van der Waals surface area contributed by atoms with Gasteiger partial charge < -0.3 is 10.0 Å². The van der Waals surface area contributed by atoms with Crippen molar-refractivity contribution in [3.05, 3.63) is 47.8 Å². The minimum Gasteiger partial charge on any atom is -0.481 e. The third kappa shape index (κ3) is 3.29. The van der Waals surface area contributed by atoms with E-state index < -0.39 is 43.0 Å². The Bertz CT molecular complexity index is 834. The van der Waals surface area contributed by atoms with Gasteiger partial charge in [0, 0.05) is 31.0 Å². The highest BCUT2D eigenvalue weighted by Crippen LogP contribution is 2.38. The molecule has 1 amide bonds. The van der Waals surface area contributed by atoms with Gasteiger partial charge in [0.15, 0.2) is 0 Å². The number of carboxylic acid groups (broad SMARTS) is 1. The second kappa shape index (κ2) is 6.47. The first-order valence-electron chi connectivity index (χ1n) is 7.88. The van der Waals surface area contributed by atoms with E-state index in [0.29, 0.717) is 0 Å². The minimum atomic E-state index is -4.67. The smallest absolute Gasteiger partial charge is 0.394 e. The van der Waals surface area contributed by atoms with E-state index in [4.69, 9.17) is 5.11 Å². The third-order valence-electron chi connectivity index (χ3n) is 4.54. The Labute approximate surface area is 146 Å². The summed E-state index contributed by atoms with van der Waals surface area (Å²) in [5.74, 6) is -5.87. The van der Waals surface area contributed by atoms with Crippen LogP contribution in [0.4, 0.5) is 13.2 Å². The van der Waals surface area contributed by atoms with Crippen molar-refractivity contribution in [2.45, 2.75) is 13.1 Å². The van der Waals surface area contributed by atoms with Crippen LogP contribution in [0.15, 0.2) is 36.7 Å². The van der Waals surface area contributed by atoms with Gasteiger partial charge in [0.05, 0.1) is 17.5 Å². The van der Waals surface area contributed by atoms with Crippen molar-refractivity contribution >= 4 is 11.9 Å². The van der Waals surface area contributed by atoms with Crippen molar-refractivity contribution in [3.63, 3.8) is 0 Å². The molecule has 9 heteroatoms. The van der Waals surface area contributed by atoms with Crippen LogP contribution in [-0.4, -0.2) is 50.9 Å². The van der Waals surface area contributed by atoms with Crippen molar-refractivity contribution in [3.8, 4) is 5.69 Å². The first-order valence-corrected chi connectivity index (χ1v) is 7.88. The predicted molar refractivity (Wildman–Crippen MR) is 84.9 cm³/mol. The first-order chi connectivity index (χ1) is 12.2. The maximum absolute atomic E-state index is 13.1. The summed E-state index contributed by atoms with van der Waals surface area (Å²) in [6.45, 7) is 0.647. The number of aromatic nitrogens is 2. The highest BCUT2D eigenvalue weighted by molar-refractivity contribution is 5.95. The molecule has 0 unspecified atom stereocenters. The van der Waals surface area contributed by atoms with E-state index in [1.165, 1.54) is 6.07 Å². The van der Waals surface area contributed by atoms with Gasteiger partial charge in [-0.05, 0) is 36.8 Å². The van der Waals surface area contributed by atoms with Crippen LogP contribution in [0, 0.1) is 18.8 Å². The molecule has 26 heavy (non-hydrogen) atoms. The molecule has 0 aliphatic carbocycles. The van der Waals surface area contributed by atoms with Crippen LogP contribution < -0.4 is 0 Å². The van der Waals surface area contributed by atoms with Gasteiger partial charge in [-0.25, -0.2) is 4.68 Å². The number of nitrogens with zero attached hydrogens (tertiary/aromatic N) is 3. The second-order valence-electron chi connectivity index (χ2n) is 6.25. The van der Waals surface area contributed by atoms with Crippen LogP contribution in [0.3, 0.4) is 0 Å². The summed E-state index contributed by atoms with van der Waals surface area (Å²) >= 11 is 0. The van der Waals surface area contributed by atoms with Crippen LogP contribution in [0.1, 0.15) is 15.9 Å². The number of aryl methyl sites for hydroxylation is 1. The lowest BCUT2D eigenvalue weighted by atomic mass is 9.96. The molecule has 6 nitrogen and oxygen atoms in total. The van der Waals surface area contributed by atoms with E-state index in [1.54, 1.807) is 42.2 Å². The van der Waals surface area contributed by atoms with Crippen LogP contribution >= 0.6 is 0 Å². The highest BCUT2D eigenvalue weighted by Gasteiger charge is 2.53. The van der Waals surface area contributed by atoms with E-state index in [0.717, 1.165) is 16.2 Å². The second-order valence-corrected chi connectivity index (χ2v) is 6.25. The fourth-order valence-electron chi connectivity index (χ4n) is 3.19. The summed E-state index contributed by atoms with van der Waals surface area (Å²) in [6, 6.07) is 6.46. The lowest BCUT2D eigenvalue weighted by Gasteiger charge is -2.19. The molecule has 0 saturated carbocycles. The number of halogens is 3. The van der Waals surface area contributed by atoms with Gasteiger partial charge >= 0.3 is 12.1 Å². The first kappa shape index (κ1) is 18.0. The molecule has 2 heterocycles.